The quantitative estimate of drug-likeness (QED) is 0.624. The average Bonchev–Trinajstić information content (AvgIpc) is 2.41. The van der Waals surface area contributed by atoms with Gasteiger partial charge in [0.25, 0.3) is 0 Å². The minimum atomic E-state index is 0.341. The Hall–Kier alpha value is -0.160. The molecule has 0 radical (unpaired) electrons. The average molecular weight is 286 g/mol. The standard InChI is InChI=1S/C16H34N2O2/c1-15-7-5-8-16(13-15,18(2)3)14-17-9-12-20-11-6-10-19-4/h15,17H,5-14H2,1-4H3. The van der Waals surface area contributed by atoms with Crippen LogP contribution in [0.15, 0.2) is 0 Å². The minimum absolute atomic E-state index is 0.341. The van der Waals surface area contributed by atoms with Crippen LogP contribution in [-0.4, -0.2) is 64.6 Å². The molecular weight excluding hydrogens is 252 g/mol. The second-order valence-corrected chi connectivity index (χ2v) is 6.46. The van der Waals surface area contributed by atoms with Crippen molar-refractivity contribution in [1.29, 1.82) is 0 Å². The van der Waals surface area contributed by atoms with Crippen molar-refractivity contribution in [2.45, 2.75) is 44.6 Å². The van der Waals surface area contributed by atoms with Crippen molar-refractivity contribution in [2.24, 2.45) is 5.92 Å². The van der Waals surface area contributed by atoms with Gasteiger partial charge in [-0.2, -0.15) is 0 Å². The fraction of sp³-hybridized carbons (Fsp3) is 1.00. The van der Waals surface area contributed by atoms with Crippen LogP contribution >= 0.6 is 0 Å². The minimum Gasteiger partial charge on any atom is -0.385 e. The summed E-state index contributed by atoms with van der Waals surface area (Å²) in [6.07, 6.45) is 6.34. The first-order valence-electron chi connectivity index (χ1n) is 8.05. The van der Waals surface area contributed by atoms with E-state index in [0.717, 1.165) is 45.2 Å². The molecule has 0 spiro atoms. The fourth-order valence-corrected chi connectivity index (χ4v) is 3.23. The molecule has 0 aliphatic heterocycles. The second-order valence-electron chi connectivity index (χ2n) is 6.46. The van der Waals surface area contributed by atoms with Gasteiger partial charge >= 0.3 is 0 Å². The molecule has 2 unspecified atom stereocenters. The molecule has 20 heavy (non-hydrogen) atoms. The van der Waals surface area contributed by atoms with E-state index < -0.39 is 0 Å². The van der Waals surface area contributed by atoms with Crippen LogP contribution in [0.5, 0.6) is 0 Å². The third-order valence-corrected chi connectivity index (χ3v) is 4.53. The maximum absolute atomic E-state index is 5.58. The van der Waals surface area contributed by atoms with Gasteiger partial charge in [0.05, 0.1) is 6.61 Å². The highest BCUT2D eigenvalue weighted by Gasteiger charge is 2.36. The van der Waals surface area contributed by atoms with Crippen molar-refractivity contribution in [1.82, 2.24) is 10.2 Å². The van der Waals surface area contributed by atoms with Crippen LogP contribution in [-0.2, 0) is 9.47 Å². The lowest BCUT2D eigenvalue weighted by Crippen LogP contribution is -2.54. The van der Waals surface area contributed by atoms with Gasteiger partial charge in [0, 0.05) is 39.0 Å². The summed E-state index contributed by atoms with van der Waals surface area (Å²) in [5, 5.41) is 3.59. The predicted molar refractivity (Wildman–Crippen MR) is 84.2 cm³/mol. The van der Waals surface area contributed by atoms with E-state index in [-0.39, 0.29) is 0 Å². The maximum atomic E-state index is 5.58. The van der Waals surface area contributed by atoms with Crippen molar-refractivity contribution in [3.05, 3.63) is 0 Å². The Balaban J connectivity index is 2.17. The third kappa shape index (κ3) is 6.08. The van der Waals surface area contributed by atoms with Crippen LogP contribution in [0.4, 0.5) is 0 Å². The predicted octanol–water partition coefficient (Wildman–Crippen LogP) is 2.14. The van der Waals surface area contributed by atoms with Crippen molar-refractivity contribution in [3.63, 3.8) is 0 Å². The summed E-state index contributed by atoms with van der Waals surface area (Å²) in [6, 6.07) is 0. The summed E-state index contributed by atoms with van der Waals surface area (Å²) in [6.45, 7) is 6.78. The topological polar surface area (TPSA) is 33.7 Å². The number of hydrogen-bond acceptors (Lipinski definition) is 4. The molecule has 1 aliphatic rings. The summed E-state index contributed by atoms with van der Waals surface area (Å²) >= 11 is 0. The Morgan fingerprint density at radius 3 is 2.70 bits per heavy atom. The molecular formula is C16H34N2O2. The number of ether oxygens (including phenoxy) is 2. The first-order valence-corrected chi connectivity index (χ1v) is 8.05. The van der Waals surface area contributed by atoms with Gasteiger partial charge in [0.2, 0.25) is 0 Å². The van der Waals surface area contributed by atoms with Gasteiger partial charge in [0.1, 0.15) is 0 Å². The smallest absolute Gasteiger partial charge is 0.0590 e. The van der Waals surface area contributed by atoms with E-state index in [4.69, 9.17) is 9.47 Å². The van der Waals surface area contributed by atoms with E-state index in [1.54, 1.807) is 7.11 Å². The van der Waals surface area contributed by atoms with Gasteiger partial charge in [-0.25, -0.2) is 0 Å². The molecule has 1 fully saturated rings. The molecule has 0 bridgehead atoms. The Morgan fingerprint density at radius 1 is 1.25 bits per heavy atom. The molecule has 1 rings (SSSR count). The van der Waals surface area contributed by atoms with Crippen molar-refractivity contribution in [2.75, 3.05) is 54.1 Å². The summed E-state index contributed by atoms with van der Waals surface area (Å²) in [7, 11) is 6.18. The molecule has 0 aromatic rings. The van der Waals surface area contributed by atoms with Gasteiger partial charge in [-0.05, 0) is 39.3 Å². The molecule has 0 saturated heterocycles. The Morgan fingerprint density at radius 2 is 2.05 bits per heavy atom. The molecule has 1 aliphatic carbocycles. The molecule has 4 nitrogen and oxygen atoms in total. The van der Waals surface area contributed by atoms with Crippen LogP contribution in [0.2, 0.25) is 0 Å². The van der Waals surface area contributed by atoms with Gasteiger partial charge in [-0.15, -0.1) is 0 Å². The first kappa shape index (κ1) is 17.9. The summed E-state index contributed by atoms with van der Waals surface area (Å²) in [5.74, 6) is 0.846. The van der Waals surface area contributed by atoms with Crippen LogP contribution in [0.1, 0.15) is 39.0 Å². The largest absolute Gasteiger partial charge is 0.385 e. The number of nitrogens with zero attached hydrogens (tertiary/aromatic N) is 1. The molecule has 0 aromatic carbocycles. The van der Waals surface area contributed by atoms with E-state index in [1.165, 1.54) is 25.7 Å². The van der Waals surface area contributed by atoms with Gasteiger partial charge in [0.15, 0.2) is 0 Å². The molecule has 2 atom stereocenters. The Kier molecular flexibility index (Phi) is 8.69. The Labute approximate surface area is 125 Å². The fourth-order valence-electron chi connectivity index (χ4n) is 3.23. The SMILES string of the molecule is COCCCOCCNCC1(N(C)C)CCCC(C)C1. The van der Waals surface area contributed by atoms with Crippen molar-refractivity contribution in [3.8, 4) is 0 Å². The lowest BCUT2D eigenvalue weighted by atomic mass is 9.75. The Bertz CT molecular complexity index is 249. The van der Waals surface area contributed by atoms with Gasteiger partial charge < -0.3 is 19.7 Å². The van der Waals surface area contributed by atoms with Crippen molar-refractivity contribution < 1.29 is 9.47 Å². The number of rotatable bonds is 10. The van der Waals surface area contributed by atoms with Crippen molar-refractivity contribution >= 4 is 0 Å². The number of likely N-dealkylation sites (N-methyl/N-ethyl adjacent to an activating group) is 1. The zero-order valence-corrected chi connectivity index (χ0v) is 13.9. The summed E-state index contributed by atoms with van der Waals surface area (Å²) in [5.41, 5.74) is 0.341. The number of nitrogens with one attached hydrogen (secondary N) is 1. The lowest BCUT2D eigenvalue weighted by molar-refractivity contribution is 0.0687. The van der Waals surface area contributed by atoms with E-state index in [0.29, 0.717) is 5.54 Å². The van der Waals surface area contributed by atoms with Crippen LogP contribution < -0.4 is 5.32 Å². The van der Waals surface area contributed by atoms with Gasteiger partial charge in [-0.3, -0.25) is 0 Å². The highest BCUT2D eigenvalue weighted by atomic mass is 16.5. The second kappa shape index (κ2) is 9.72. The summed E-state index contributed by atoms with van der Waals surface area (Å²) in [4.78, 5) is 2.43. The zero-order chi connectivity index (χ0) is 14.8. The molecule has 120 valence electrons. The normalized spacial score (nSPS) is 27.1. The molecule has 0 heterocycles. The highest BCUT2D eigenvalue weighted by molar-refractivity contribution is 4.94. The monoisotopic (exact) mass is 286 g/mol. The molecule has 0 amide bonds. The molecule has 1 saturated carbocycles. The van der Waals surface area contributed by atoms with E-state index >= 15 is 0 Å². The van der Waals surface area contributed by atoms with Gasteiger partial charge in [-0.1, -0.05) is 19.8 Å². The van der Waals surface area contributed by atoms with Crippen LogP contribution in [0.3, 0.4) is 0 Å². The first-order chi connectivity index (χ1) is 9.60. The van der Waals surface area contributed by atoms with E-state index in [2.05, 4.69) is 31.2 Å². The maximum Gasteiger partial charge on any atom is 0.0590 e. The van der Waals surface area contributed by atoms with E-state index in [1.807, 2.05) is 0 Å². The van der Waals surface area contributed by atoms with Crippen LogP contribution in [0, 0.1) is 5.92 Å². The van der Waals surface area contributed by atoms with Crippen LogP contribution in [0.25, 0.3) is 0 Å². The third-order valence-electron chi connectivity index (χ3n) is 4.53. The zero-order valence-electron chi connectivity index (χ0n) is 13.9. The summed E-state index contributed by atoms with van der Waals surface area (Å²) < 4.78 is 10.6. The molecule has 4 heteroatoms. The van der Waals surface area contributed by atoms with E-state index in [9.17, 15) is 0 Å². The molecule has 1 N–H and O–H groups in total. The molecule has 0 aromatic heterocycles. The lowest BCUT2D eigenvalue weighted by Gasteiger charge is -2.45. The number of hydrogen-bond donors (Lipinski definition) is 1. The number of methoxy groups -OCH3 is 1. The highest BCUT2D eigenvalue weighted by Crippen LogP contribution is 2.35.